The van der Waals surface area contributed by atoms with Crippen molar-refractivity contribution in [1.29, 1.82) is 0 Å². The van der Waals surface area contributed by atoms with Crippen molar-refractivity contribution in [1.82, 2.24) is 5.43 Å². The van der Waals surface area contributed by atoms with Gasteiger partial charge in [-0.3, -0.25) is 5.84 Å². The summed E-state index contributed by atoms with van der Waals surface area (Å²) in [5.41, 5.74) is 5.05. The third-order valence-electron chi connectivity index (χ3n) is 2.88. The van der Waals surface area contributed by atoms with E-state index < -0.39 is 0 Å². The molecule has 0 amide bonds. The first-order valence-corrected chi connectivity index (χ1v) is 7.27. The van der Waals surface area contributed by atoms with Crippen LogP contribution in [0.1, 0.15) is 24.1 Å². The Hall–Kier alpha value is -1.11. The lowest BCUT2D eigenvalue weighted by molar-refractivity contribution is 0.333. The molecule has 0 heterocycles. The van der Waals surface area contributed by atoms with E-state index in [9.17, 15) is 0 Å². The van der Waals surface area contributed by atoms with Crippen molar-refractivity contribution >= 4 is 22.6 Å². The normalized spacial score (nSPS) is 12.2. The van der Waals surface area contributed by atoms with Crippen molar-refractivity contribution in [2.75, 3.05) is 6.61 Å². The predicted molar refractivity (Wildman–Crippen MR) is 85.9 cm³/mol. The molecule has 4 heteroatoms. The van der Waals surface area contributed by atoms with Gasteiger partial charge in [0.05, 0.1) is 12.6 Å². The molecule has 0 aliphatic rings. The molecule has 0 fully saturated rings. The number of nitrogens with one attached hydrogen (secondary N) is 1. The third-order valence-corrected chi connectivity index (χ3v) is 3.55. The third kappa shape index (κ3) is 3.46. The molecule has 100 valence electrons. The van der Waals surface area contributed by atoms with E-state index in [1.165, 1.54) is 3.57 Å². The molecule has 2 aromatic carbocycles. The molecule has 0 saturated carbocycles. The lowest BCUT2D eigenvalue weighted by Gasteiger charge is -2.20. The molecule has 2 rings (SSSR count). The summed E-state index contributed by atoms with van der Waals surface area (Å²) < 4.78 is 6.86. The van der Waals surface area contributed by atoms with Crippen LogP contribution in [-0.2, 0) is 0 Å². The standard InChI is InChI=1S/C15H17IN2O/c1-2-19-14-9-4-3-8-13(14)15(18-17)11-6-5-7-12(16)10-11/h3-10,15,18H,2,17H2,1H3. The van der Waals surface area contributed by atoms with Gasteiger partial charge in [0.2, 0.25) is 0 Å². The number of hydrazine groups is 1. The molecule has 0 saturated heterocycles. The fourth-order valence-corrected chi connectivity index (χ4v) is 2.62. The van der Waals surface area contributed by atoms with E-state index in [4.69, 9.17) is 10.6 Å². The van der Waals surface area contributed by atoms with Crippen LogP contribution >= 0.6 is 22.6 Å². The van der Waals surface area contributed by atoms with Crippen molar-refractivity contribution in [2.24, 2.45) is 5.84 Å². The summed E-state index contributed by atoms with van der Waals surface area (Å²) >= 11 is 2.30. The Morgan fingerprint density at radius 2 is 2.00 bits per heavy atom. The highest BCUT2D eigenvalue weighted by molar-refractivity contribution is 14.1. The summed E-state index contributed by atoms with van der Waals surface area (Å²) in [5, 5.41) is 0. The van der Waals surface area contributed by atoms with Crippen molar-refractivity contribution in [3.8, 4) is 5.75 Å². The van der Waals surface area contributed by atoms with E-state index in [1.807, 2.05) is 37.3 Å². The van der Waals surface area contributed by atoms with E-state index in [2.05, 4.69) is 46.2 Å². The fourth-order valence-electron chi connectivity index (χ4n) is 2.06. The van der Waals surface area contributed by atoms with Crippen molar-refractivity contribution in [3.63, 3.8) is 0 Å². The van der Waals surface area contributed by atoms with Crippen LogP contribution in [0.2, 0.25) is 0 Å². The van der Waals surface area contributed by atoms with Crippen LogP contribution in [0, 0.1) is 3.57 Å². The average molecular weight is 368 g/mol. The van der Waals surface area contributed by atoms with Crippen LogP contribution in [0.25, 0.3) is 0 Å². The largest absolute Gasteiger partial charge is 0.494 e. The van der Waals surface area contributed by atoms with E-state index >= 15 is 0 Å². The summed E-state index contributed by atoms with van der Waals surface area (Å²) in [7, 11) is 0. The van der Waals surface area contributed by atoms with Gasteiger partial charge < -0.3 is 4.74 Å². The van der Waals surface area contributed by atoms with Gasteiger partial charge in [-0.15, -0.1) is 0 Å². The number of hydrogen-bond acceptors (Lipinski definition) is 3. The second-order valence-electron chi connectivity index (χ2n) is 4.13. The number of benzene rings is 2. The number of ether oxygens (including phenoxy) is 1. The van der Waals surface area contributed by atoms with Gasteiger partial charge in [-0.1, -0.05) is 30.3 Å². The molecular weight excluding hydrogens is 351 g/mol. The topological polar surface area (TPSA) is 47.3 Å². The molecule has 2 aromatic rings. The minimum absolute atomic E-state index is 0.0718. The minimum atomic E-state index is -0.0718. The number of nitrogens with two attached hydrogens (primary N) is 1. The smallest absolute Gasteiger partial charge is 0.124 e. The number of para-hydroxylation sites is 1. The van der Waals surface area contributed by atoms with Crippen molar-refractivity contribution in [3.05, 3.63) is 63.2 Å². The summed E-state index contributed by atoms with van der Waals surface area (Å²) in [4.78, 5) is 0. The number of rotatable bonds is 5. The molecular formula is C15H17IN2O. The first kappa shape index (κ1) is 14.3. The lowest BCUT2D eigenvalue weighted by atomic mass is 9.98. The molecule has 0 spiro atoms. The Balaban J connectivity index is 2.42. The fraction of sp³-hybridized carbons (Fsp3) is 0.200. The predicted octanol–water partition coefficient (Wildman–Crippen LogP) is 3.24. The first-order valence-electron chi connectivity index (χ1n) is 6.19. The van der Waals surface area contributed by atoms with Gasteiger partial charge in [0.1, 0.15) is 5.75 Å². The molecule has 0 aliphatic heterocycles. The summed E-state index contributed by atoms with van der Waals surface area (Å²) in [6, 6.07) is 16.2. The van der Waals surface area contributed by atoms with Gasteiger partial charge in [0.15, 0.2) is 0 Å². The van der Waals surface area contributed by atoms with Gasteiger partial charge in [0, 0.05) is 9.13 Å². The molecule has 0 aliphatic carbocycles. The zero-order chi connectivity index (χ0) is 13.7. The molecule has 1 unspecified atom stereocenters. The zero-order valence-corrected chi connectivity index (χ0v) is 12.9. The Labute approximate surface area is 127 Å². The quantitative estimate of drug-likeness (QED) is 0.484. The van der Waals surface area contributed by atoms with Crippen LogP contribution in [-0.4, -0.2) is 6.61 Å². The van der Waals surface area contributed by atoms with Crippen LogP contribution in [0.15, 0.2) is 48.5 Å². The molecule has 1 atom stereocenters. The van der Waals surface area contributed by atoms with Crippen molar-refractivity contribution in [2.45, 2.75) is 13.0 Å². The van der Waals surface area contributed by atoms with Gasteiger partial charge in [-0.05, 0) is 53.3 Å². The summed E-state index contributed by atoms with van der Waals surface area (Å²) in [5.74, 6) is 6.61. The minimum Gasteiger partial charge on any atom is -0.494 e. The van der Waals surface area contributed by atoms with Gasteiger partial charge in [-0.2, -0.15) is 0 Å². The molecule has 0 radical (unpaired) electrons. The van der Waals surface area contributed by atoms with E-state index in [1.54, 1.807) is 0 Å². The Kier molecular flexibility index (Phi) is 5.18. The maximum atomic E-state index is 5.74. The van der Waals surface area contributed by atoms with Crippen molar-refractivity contribution < 1.29 is 4.74 Å². The Morgan fingerprint density at radius 3 is 2.68 bits per heavy atom. The maximum absolute atomic E-state index is 5.74. The lowest BCUT2D eigenvalue weighted by Crippen LogP contribution is -2.29. The summed E-state index contributed by atoms with van der Waals surface area (Å²) in [6.45, 7) is 2.62. The second kappa shape index (κ2) is 6.88. The Morgan fingerprint density at radius 1 is 1.21 bits per heavy atom. The van der Waals surface area contributed by atoms with Gasteiger partial charge in [-0.25, -0.2) is 5.43 Å². The summed E-state index contributed by atoms with van der Waals surface area (Å²) in [6.07, 6.45) is 0. The van der Waals surface area contributed by atoms with Gasteiger partial charge >= 0.3 is 0 Å². The Bertz CT molecular complexity index is 545. The SMILES string of the molecule is CCOc1ccccc1C(NN)c1cccc(I)c1. The highest BCUT2D eigenvalue weighted by Crippen LogP contribution is 2.30. The average Bonchev–Trinajstić information content (AvgIpc) is 2.42. The van der Waals surface area contributed by atoms with Crippen LogP contribution in [0.3, 0.4) is 0 Å². The van der Waals surface area contributed by atoms with Crippen LogP contribution < -0.4 is 16.0 Å². The molecule has 0 aromatic heterocycles. The number of halogens is 1. The van der Waals surface area contributed by atoms with Crippen LogP contribution in [0.5, 0.6) is 5.75 Å². The molecule has 0 bridgehead atoms. The zero-order valence-electron chi connectivity index (χ0n) is 10.8. The second-order valence-corrected chi connectivity index (χ2v) is 5.37. The van der Waals surface area contributed by atoms with E-state index in [-0.39, 0.29) is 6.04 Å². The van der Waals surface area contributed by atoms with E-state index in [0.717, 1.165) is 16.9 Å². The highest BCUT2D eigenvalue weighted by atomic mass is 127. The molecule has 19 heavy (non-hydrogen) atoms. The first-order chi connectivity index (χ1) is 9.26. The van der Waals surface area contributed by atoms with E-state index in [0.29, 0.717) is 6.61 Å². The van der Waals surface area contributed by atoms with Crippen LogP contribution in [0.4, 0.5) is 0 Å². The molecule has 3 nitrogen and oxygen atoms in total. The maximum Gasteiger partial charge on any atom is 0.124 e. The van der Waals surface area contributed by atoms with Gasteiger partial charge in [0.25, 0.3) is 0 Å². The molecule has 3 N–H and O–H groups in total. The number of hydrogen-bond donors (Lipinski definition) is 2. The monoisotopic (exact) mass is 368 g/mol. The highest BCUT2D eigenvalue weighted by Gasteiger charge is 2.16.